The first-order chi connectivity index (χ1) is 10.5. The van der Waals surface area contributed by atoms with E-state index >= 15 is 0 Å². The van der Waals surface area contributed by atoms with Gasteiger partial charge in [-0.2, -0.15) is 0 Å². The van der Waals surface area contributed by atoms with Gasteiger partial charge in [0, 0.05) is 18.7 Å². The van der Waals surface area contributed by atoms with Crippen LogP contribution in [0.4, 0.5) is 4.79 Å². The van der Waals surface area contributed by atoms with Crippen LogP contribution in [0.25, 0.3) is 0 Å². The molecule has 128 valence electrons. The molecular weight excluding hydrogens is 316 g/mol. The van der Waals surface area contributed by atoms with Gasteiger partial charge in [0.2, 0.25) is 0 Å². The molecule has 0 heterocycles. The largest absolute Gasteiger partial charge is 0.444 e. The minimum absolute atomic E-state index is 0.0174. The molecule has 0 saturated heterocycles. The van der Waals surface area contributed by atoms with Crippen molar-refractivity contribution in [2.75, 3.05) is 12.8 Å². The molecule has 7 heteroatoms. The van der Waals surface area contributed by atoms with Crippen LogP contribution in [0.3, 0.4) is 0 Å². The predicted octanol–water partition coefficient (Wildman–Crippen LogP) is 1.42. The average Bonchev–Trinajstić information content (AvgIpc) is 3.06. The quantitative estimate of drug-likeness (QED) is 0.864. The highest BCUT2D eigenvalue weighted by atomic mass is 32.2. The number of hydrogen-bond donors (Lipinski definition) is 2. The maximum absolute atomic E-state index is 12.2. The van der Waals surface area contributed by atoms with Crippen LogP contribution in [0.2, 0.25) is 0 Å². The van der Waals surface area contributed by atoms with Gasteiger partial charge in [0.15, 0.2) is 9.84 Å². The average molecular weight is 340 g/mol. The highest BCUT2D eigenvalue weighted by molar-refractivity contribution is 7.91. The molecule has 23 heavy (non-hydrogen) atoms. The van der Waals surface area contributed by atoms with Gasteiger partial charge in [0.1, 0.15) is 5.60 Å². The molecule has 1 aromatic carbocycles. The molecule has 2 rings (SSSR count). The third kappa shape index (κ3) is 3.67. The Morgan fingerprint density at radius 2 is 1.87 bits per heavy atom. The summed E-state index contributed by atoms with van der Waals surface area (Å²) in [5.74, 6) is -0.379. The number of benzene rings is 1. The number of amides is 1. The number of carbonyl (C=O) groups excluding carboxylic acids is 1. The number of ether oxygens (including phenoxy) is 1. The molecule has 0 radical (unpaired) electrons. The number of sulfone groups is 1. The van der Waals surface area contributed by atoms with Gasteiger partial charge in [0.25, 0.3) is 0 Å². The lowest BCUT2D eigenvalue weighted by atomic mass is 10.1. The van der Waals surface area contributed by atoms with E-state index in [1.54, 1.807) is 20.8 Å². The highest BCUT2D eigenvalue weighted by Crippen LogP contribution is 2.55. The summed E-state index contributed by atoms with van der Waals surface area (Å²) in [4.78, 5) is 12.1. The van der Waals surface area contributed by atoms with E-state index in [1.807, 2.05) is 30.3 Å². The van der Waals surface area contributed by atoms with Crippen molar-refractivity contribution in [1.29, 1.82) is 0 Å². The van der Waals surface area contributed by atoms with E-state index in [9.17, 15) is 13.2 Å². The molecule has 1 aliphatic rings. The third-order valence-electron chi connectivity index (χ3n) is 3.95. The first-order valence-corrected chi connectivity index (χ1v) is 9.42. The maximum atomic E-state index is 12.2. The van der Waals surface area contributed by atoms with Crippen LogP contribution in [-0.4, -0.2) is 43.7 Å². The molecule has 3 atom stereocenters. The molecule has 3 N–H and O–H groups in total. The van der Waals surface area contributed by atoms with Gasteiger partial charge in [-0.3, -0.25) is 0 Å². The Morgan fingerprint density at radius 3 is 2.30 bits per heavy atom. The second-order valence-corrected chi connectivity index (χ2v) is 9.18. The molecule has 1 amide bonds. The first-order valence-electron chi connectivity index (χ1n) is 7.46. The van der Waals surface area contributed by atoms with E-state index in [2.05, 4.69) is 5.32 Å². The van der Waals surface area contributed by atoms with Gasteiger partial charge >= 0.3 is 6.09 Å². The minimum atomic E-state index is -3.39. The third-order valence-corrected chi connectivity index (χ3v) is 5.56. The van der Waals surface area contributed by atoms with E-state index in [4.69, 9.17) is 10.5 Å². The number of carbonyl (C=O) groups is 1. The van der Waals surface area contributed by atoms with Gasteiger partial charge < -0.3 is 15.8 Å². The second-order valence-electron chi connectivity index (χ2n) is 7.01. The van der Waals surface area contributed by atoms with Crippen LogP contribution in [0.15, 0.2) is 30.3 Å². The maximum Gasteiger partial charge on any atom is 0.408 e. The van der Waals surface area contributed by atoms with Crippen molar-refractivity contribution in [2.24, 2.45) is 5.73 Å². The van der Waals surface area contributed by atoms with Crippen LogP contribution < -0.4 is 11.1 Å². The lowest BCUT2D eigenvalue weighted by Crippen LogP contribution is -2.48. The molecule has 1 aliphatic carbocycles. The number of alkyl carbamates (subject to hydrolysis) is 1. The van der Waals surface area contributed by atoms with E-state index in [1.165, 1.54) is 6.26 Å². The van der Waals surface area contributed by atoms with Crippen LogP contribution in [0, 0.1) is 0 Å². The van der Waals surface area contributed by atoms with Gasteiger partial charge in [0.05, 0.1) is 10.8 Å². The van der Waals surface area contributed by atoms with E-state index < -0.39 is 32.3 Å². The molecule has 0 spiro atoms. The lowest BCUT2D eigenvalue weighted by molar-refractivity contribution is 0.0497. The minimum Gasteiger partial charge on any atom is -0.444 e. The number of nitrogens with two attached hydrogens (primary N) is 1. The molecular formula is C16H24N2O4S. The molecule has 1 saturated carbocycles. The van der Waals surface area contributed by atoms with Crippen molar-refractivity contribution in [2.45, 2.75) is 43.1 Å². The standard InChI is InChI=1S/C16H24N2O4S/c1-15(2,3)22-14(19)18-16(10-17)12(13(16)23(4,20)21)11-8-6-5-7-9-11/h5-9,12-13H,10,17H2,1-4H3,(H,18,19)/t12-,13+,16+/m0/s1. The van der Waals surface area contributed by atoms with Crippen molar-refractivity contribution < 1.29 is 17.9 Å². The van der Waals surface area contributed by atoms with Crippen molar-refractivity contribution in [3.05, 3.63) is 35.9 Å². The molecule has 1 fully saturated rings. The number of hydrogen-bond acceptors (Lipinski definition) is 5. The van der Waals surface area contributed by atoms with E-state index in [0.717, 1.165) is 5.56 Å². The van der Waals surface area contributed by atoms with Crippen molar-refractivity contribution in [3.8, 4) is 0 Å². The Balaban J connectivity index is 2.33. The summed E-state index contributed by atoms with van der Waals surface area (Å²) in [5, 5.41) is 1.96. The molecule has 6 nitrogen and oxygen atoms in total. The summed E-state index contributed by atoms with van der Waals surface area (Å²) in [6.07, 6.45) is 0.511. The van der Waals surface area contributed by atoms with Crippen LogP contribution in [0.1, 0.15) is 32.3 Å². The first kappa shape index (κ1) is 17.7. The summed E-state index contributed by atoms with van der Waals surface area (Å²) in [7, 11) is -3.39. The molecule has 0 aliphatic heterocycles. The van der Waals surface area contributed by atoms with Crippen LogP contribution in [0.5, 0.6) is 0 Å². The van der Waals surface area contributed by atoms with Gasteiger partial charge in [-0.15, -0.1) is 0 Å². The van der Waals surface area contributed by atoms with Gasteiger partial charge in [-0.05, 0) is 26.3 Å². The van der Waals surface area contributed by atoms with E-state index in [-0.39, 0.29) is 12.5 Å². The Kier molecular flexibility index (Phi) is 4.47. The zero-order valence-electron chi connectivity index (χ0n) is 13.9. The van der Waals surface area contributed by atoms with Crippen LogP contribution >= 0.6 is 0 Å². The van der Waals surface area contributed by atoms with Gasteiger partial charge in [-0.1, -0.05) is 30.3 Å². The van der Waals surface area contributed by atoms with Crippen molar-refractivity contribution in [3.63, 3.8) is 0 Å². The van der Waals surface area contributed by atoms with Crippen LogP contribution in [-0.2, 0) is 14.6 Å². The molecule has 0 unspecified atom stereocenters. The Morgan fingerprint density at radius 1 is 1.30 bits per heavy atom. The zero-order chi connectivity index (χ0) is 17.5. The topological polar surface area (TPSA) is 98.5 Å². The summed E-state index contributed by atoms with van der Waals surface area (Å²) >= 11 is 0. The summed E-state index contributed by atoms with van der Waals surface area (Å²) < 4.78 is 29.6. The fourth-order valence-corrected chi connectivity index (χ4v) is 4.98. The fraction of sp³-hybridized carbons (Fsp3) is 0.562. The summed E-state index contributed by atoms with van der Waals surface area (Å²) in [6.45, 7) is 5.26. The predicted molar refractivity (Wildman–Crippen MR) is 89.0 cm³/mol. The Hall–Kier alpha value is -1.60. The fourth-order valence-electron chi connectivity index (χ4n) is 3.10. The smallest absolute Gasteiger partial charge is 0.408 e. The Bertz CT molecular complexity index is 682. The molecule has 0 bridgehead atoms. The molecule has 1 aromatic rings. The van der Waals surface area contributed by atoms with Crippen molar-refractivity contribution in [1.82, 2.24) is 5.32 Å². The molecule has 0 aromatic heterocycles. The normalized spacial score (nSPS) is 27.3. The highest BCUT2D eigenvalue weighted by Gasteiger charge is 2.70. The number of nitrogens with one attached hydrogen (secondary N) is 1. The van der Waals surface area contributed by atoms with Gasteiger partial charge in [-0.25, -0.2) is 13.2 Å². The van der Waals surface area contributed by atoms with E-state index in [0.29, 0.717) is 0 Å². The second kappa shape index (κ2) is 5.79. The van der Waals surface area contributed by atoms with Crippen molar-refractivity contribution >= 4 is 15.9 Å². The summed E-state index contributed by atoms with van der Waals surface area (Å²) in [5.41, 5.74) is 5.00. The number of rotatable bonds is 4. The monoisotopic (exact) mass is 340 g/mol. The zero-order valence-corrected chi connectivity index (χ0v) is 14.7. The Labute approximate surface area is 137 Å². The lowest BCUT2D eigenvalue weighted by Gasteiger charge is -2.24. The SMILES string of the molecule is CC(C)(C)OC(=O)N[C@@]1(CN)[C@H](S(C)(=O)=O)[C@@H]1c1ccccc1. The summed E-state index contributed by atoms with van der Waals surface area (Å²) in [6, 6.07) is 9.21.